The number of nitrogens with two attached hydrogens (primary N) is 1. The summed E-state index contributed by atoms with van der Waals surface area (Å²) in [6.45, 7) is 0.637. The number of rotatable bonds is 8. The number of ether oxygens (including phenoxy) is 1. The summed E-state index contributed by atoms with van der Waals surface area (Å²) in [4.78, 5) is 21.4. The van der Waals surface area contributed by atoms with Crippen molar-refractivity contribution in [3.8, 4) is 22.8 Å². The summed E-state index contributed by atoms with van der Waals surface area (Å²) in [7, 11) is 1.57. The molecule has 0 unspecified atom stereocenters. The van der Waals surface area contributed by atoms with Crippen molar-refractivity contribution in [2.24, 2.45) is 5.41 Å². The van der Waals surface area contributed by atoms with E-state index in [1.807, 2.05) is 10.6 Å². The molecule has 0 aliphatic heterocycles. The summed E-state index contributed by atoms with van der Waals surface area (Å²) in [6, 6.07) is 10.1. The number of anilines is 2. The summed E-state index contributed by atoms with van der Waals surface area (Å²) in [5, 5.41) is 6.83. The van der Waals surface area contributed by atoms with Crippen LogP contribution in [0.15, 0.2) is 59.6 Å². The molecule has 3 heterocycles. The SMILES string of the molecule is COCC1(C(=O)Nc2cnc(-c3cc(-c4ccon4)n(Cc4ccccc4F)c3)nc2N)CC1. The largest absolute Gasteiger partial charge is 0.384 e. The van der Waals surface area contributed by atoms with Crippen molar-refractivity contribution in [3.05, 3.63) is 66.4 Å². The molecule has 0 spiro atoms. The third-order valence-electron chi connectivity index (χ3n) is 5.98. The second-order valence-corrected chi connectivity index (χ2v) is 8.38. The van der Waals surface area contributed by atoms with Gasteiger partial charge in [0.1, 0.15) is 23.5 Å². The fourth-order valence-corrected chi connectivity index (χ4v) is 3.88. The van der Waals surface area contributed by atoms with Crippen molar-refractivity contribution >= 4 is 17.4 Å². The molecule has 1 aliphatic rings. The molecule has 1 fully saturated rings. The Hall–Kier alpha value is -4.05. The topological polar surface area (TPSA) is 121 Å². The lowest BCUT2D eigenvalue weighted by Crippen LogP contribution is -2.28. The van der Waals surface area contributed by atoms with Crippen molar-refractivity contribution in [2.45, 2.75) is 19.4 Å². The number of methoxy groups -OCH3 is 1. The van der Waals surface area contributed by atoms with Crippen LogP contribution in [0.5, 0.6) is 0 Å². The van der Waals surface area contributed by atoms with Crippen molar-refractivity contribution in [1.29, 1.82) is 0 Å². The summed E-state index contributed by atoms with van der Waals surface area (Å²) in [5.41, 5.74) is 8.48. The van der Waals surface area contributed by atoms with E-state index >= 15 is 0 Å². The quantitative estimate of drug-likeness (QED) is 0.409. The minimum absolute atomic E-state index is 0.149. The van der Waals surface area contributed by atoms with Gasteiger partial charge >= 0.3 is 0 Å². The van der Waals surface area contributed by atoms with E-state index < -0.39 is 5.41 Å². The van der Waals surface area contributed by atoms with Gasteiger partial charge in [-0.3, -0.25) is 4.79 Å². The Morgan fingerprint density at radius 2 is 2.15 bits per heavy atom. The van der Waals surface area contributed by atoms with Crippen LogP contribution >= 0.6 is 0 Å². The molecule has 0 atom stereocenters. The maximum absolute atomic E-state index is 14.3. The van der Waals surface area contributed by atoms with Crippen LogP contribution in [0.1, 0.15) is 18.4 Å². The predicted molar refractivity (Wildman–Crippen MR) is 123 cm³/mol. The Labute approximate surface area is 194 Å². The van der Waals surface area contributed by atoms with Crippen molar-refractivity contribution in [3.63, 3.8) is 0 Å². The second kappa shape index (κ2) is 8.71. The third-order valence-corrected chi connectivity index (χ3v) is 5.98. The number of nitrogens with zero attached hydrogens (tertiary/aromatic N) is 4. The van der Waals surface area contributed by atoms with Crippen LogP contribution in [0.25, 0.3) is 22.8 Å². The van der Waals surface area contributed by atoms with Crippen LogP contribution in [0.2, 0.25) is 0 Å². The monoisotopic (exact) mass is 462 g/mol. The molecule has 174 valence electrons. The van der Waals surface area contributed by atoms with Crippen molar-refractivity contribution < 1.29 is 18.4 Å². The molecule has 1 saturated carbocycles. The lowest BCUT2D eigenvalue weighted by molar-refractivity contribution is -0.122. The summed E-state index contributed by atoms with van der Waals surface area (Å²) >= 11 is 0. The number of nitrogens with one attached hydrogen (secondary N) is 1. The van der Waals surface area contributed by atoms with Gasteiger partial charge in [-0.05, 0) is 25.0 Å². The van der Waals surface area contributed by atoms with Crippen LogP contribution in [0.3, 0.4) is 0 Å². The van der Waals surface area contributed by atoms with Crippen LogP contribution in [0, 0.1) is 11.2 Å². The molecule has 9 nitrogen and oxygen atoms in total. The van der Waals surface area contributed by atoms with Gasteiger partial charge in [-0.2, -0.15) is 0 Å². The molecule has 0 bridgehead atoms. The first kappa shape index (κ1) is 21.8. The Bertz CT molecular complexity index is 1330. The Morgan fingerprint density at radius 1 is 1.32 bits per heavy atom. The molecular weight excluding hydrogens is 439 g/mol. The van der Waals surface area contributed by atoms with Gasteiger partial charge < -0.3 is 24.9 Å². The summed E-state index contributed by atoms with van der Waals surface area (Å²) in [5.74, 6) is 0.0649. The van der Waals surface area contributed by atoms with Gasteiger partial charge in [-0.1, -0.05) is 23.4 Å². The number of benzene rings is 1. The molecule has 3 N–H and O–H groups in total. The molecule has 1 amide bonds. The highest BCUT2D eigenvalue weighted by Crippen LogP contribution is 2.46. The van der Waals surface area contributed by atoms with E-state index in [9.17, 15) is 9.18 Å². The summed E-state index contributed by atoms with van der Waals surface area (Å²) in [6.07, 6.45) is 6.30. The highest BCUT2D eigenvalue weighted by atomic mass is 19.1. The van der Waals surface area contributed by atoms with E-state index in [2.05, 4.69) is 20.4 Å². The standard InChI is InChI=1S/C24H23FN6O3/c1-33-14-24(7-8-24)23(32)28-19-11-27-22(29-21(19)26)16-10-20(18-6-9-34-30-18)31(13-16)12-15-4-2-3-5-17(15)25/h2-6,9-11,13H,7-8,12,14H2,1H3,(H,28,32)(H2,26,27,29). The zero-order valence-electron chi connectivity index (χ0n) is 18.5. The summed E-state index contributed by atoms with van der Waals surface area (Å²) < 4.78 is 26.3. The highest BCUT2D eigenvalue weighted by Gasteiger charge is 2.50. The number of halogens is 1. The zero-order valence-corrected chi connectivity index (χ0v) is 18.5. The van der Waals surface area contributed by atoms with E-state index in [0.717, 1.165) is 12.8 Å². The molecule has 1 aromatic carbocycles. The maximum atomic E-state index is 14.3. The average Bonchev–Trinajstić information content (AvgIpc) is 3.22. The van der Waals surface area contributed by atoms with Gasteiger partial charge in [0.2, 0.25) is 5.91 Å². The number of hydrogen-bond donors (Lipinski definition) is 2. The predicted octanol–water partition coefficient (Wildman–Crippen LogP) is 3.73. The van der Waals surface area contributed by atoms with Gasteiger partial charge in [-0.15, -0.1) is 0 Å². The minimum atomic E-state index is -0.504. The van der Waals surface area contributed by atoms with Crippen LogP contribution in [0.4, 0.5) is 15.9 Å². The number of nitrogen functional groups attached to an aromatic ring is 1. The first-order chi connectivity index (χ1) is 16.5. The lowest BCUT2D eigenvalue weighted by Gasteiger charge is -2.15. The molecule has 0 saturated heterocycles. The smallest absolute Gasteiger partial charge is 0.233 e. The first-order valence-corrected chi connectivity index (χ1v) is 10.8. The zero-order chi connectivity index (χ0) is 23.7. The third kappa shape index (κ3) is 4.15. The molecule has 1 aliphatic carbocycles. The second-order valence-electron chi connectivity index (χ2n) is 8.38. The normalized spacial score (nSPS) is 14.2. The van der Waals surface area contributed by atoms with Gasteiger partial charge in [-0.25, -0.2) is 14.4 Å². The van der Waals surface area contributed by atoms with E-state index in [1.165, 1.54) is 18.5 Å². The molecule has 5 rings (SSSR count). The van der Waals surface area contributed by atoms with Crippen LogP contribution in [-0.4, -0.2) is 39.3 Å². The van der Waals surface area contributed by atoms with Crippen LogP contribution in [-0.2, 0) is 16.1 Å². The van der Waals surface area contributed by atoms with Gasteiger partial charge in [0.15, 0.2) is 11.6 Å². The van der Waals surface area contributed by atoms with Gasteiger partial charge in [0.05, 0.1) is 30.5 Å². The minimum Gasteiger partial charge on any atom is -0.384 e. The van der Waals surface area contributed by atoms with E-state index in [1.54, 1.807) is 37.6 Å². The van der Waals surface area contributed by atoms with Crippen LogP contribution < -0.4 is 11.1 Å². The van der Waals surface area contributed by atoms with Crippen molar-refractivity contribution in [2.75, 3.05) is 24.8 Å². The van der Waals surface area contributed by atoms with Crippen molar-refractivity contribution in [1.82, 2.24) is 19.7 Å². The van der Waals surface area contributed by atoms with E-state index in [0.29, 0.717) is 40.6 Å². The molecule has 4 aromatic rings. The molecular formula is C24H23FN6O3. The fourth-order valence-electron chi connectivity index (χ4n) is 3.88. The van der Waals surface area contributed by atoms with E-state index in [4.69, 9.17) is 15.0 Å². The Balaban J connectivity index is 1.44. The fraction of sp³-hybridized carbons (Fsp3) is 0.250. The molecule has 0 radical (unpaired) electrons. The molecule has 34 heavy (non-hydrogen) atoms. The molecule has 10 heteroatoms. The highest BCUT2D eigenvalue weighted by molar-refractivity contribution is 5.99. The number of hydrogen-bond acceptors (Lipinski definition) is 7. The molecule has 3 aromatic heterocycles. The lowest BCUT2D eigenvalue weighted by atomic mass is 10.1. The Morgan fingerprint density at radius 3 is 2.82 bits per heavy atom. The average molecular weight is 462 g/mol. The number of carbonyl (C=O) groups is 1. The van der Waals surface area contributed by atoms with E-state index in [-0.39, 0.29) is 24.1 Å². The number of amides is 1. The number of aromatic nitrogens is 4. The van der Waals surface area contributed by atoms with Gasteiger partial charge in [0, 0.05) is 30.5 Å². The maximum Gasteiger partial charge on any atom is 0.233 e. The Kier molecular flexibility index (Phi) is 5.58. The van der Waals surface area contributed by atoms with Gasteiger partial charge in [0.25, 0.3) is 0 Å². The first-order valence-electron chi connectivity index (χ1n) is 10.8. The number of carbonyl (C=O) groups excluding carboxylic acids is 1.